The molecule has 3 N–H and O–H groups in total. The number of sulfonamides is 1. The number of aromatic hydroxyl groups is 1. The molecule has 3 rings (SSSR count). The smallest absolute Gasteiger partial charge is 0.280 e. The van der Waals surface area contributed by atoms with Gasteiger partial charge in [-0.25, -0.2) is 13.6 Å². The Bertz CT molecular complexity index is 991. The predicted molar refractivity (Wildman–Crippen MR) is 94.5 cm³/mol. The van der Waals surface area contributed by atoms with Crippen LogP contribution >= 0.6 is 0 Å². The van der Waals surface area contributed by atoms with Gasteiger partial charge in [0.1, 0.15) is 5.75 Å². The van der Waals surface area contributed by atoms with Crippen molar-refractivity contribution in [2.75, 3.05) is 5.01 Å². The van der Waals surface area contributed by atoms with Crippen LogP contribution in [-0.2, 0) is 14.8 Å². The lowest BCUT2D eigenvalue weighted by atomic mass is 10.1. The van der Waals surface area contributed by atoms with Gasteiger partial charge in [-0.15, -0.1) is 0 Å². The van der Waals surface area contributed by atoms with E-state index >= 15 is 0 Å². The van der Waals surface area contributed by atoms with E-state index in [2.05, 4.69) is 5.10 Å². The molecule has 1 heterocycles. The average molecular weight is 357 g/mol. The van der Waals surface area contributed by atoms with E-state index in [-0.39, 0.29) is 16.6 Å². The van der Waals surface area contributed by atoms with E-state index in [0.29, 0.717) is 17.0 Å². The summed E-state index contributed by atoms with van der Waals surface area (Å²) in [6.45, 7) is 1.71. The summed E-state index contributed by atoms with van der Waals surface area (Å²) in [6, 6.07) is 12.0. The van der Waals surface area contributed by atoms with Gasteiger partial charge in [0.2, 0.25) is 10.0 Å². The minimum absolute atomic E-state index is 0.0385. The highest BCUT2D eigenvalue weighted by atomic mass is 32.2. The second-order valence-corrected chi connectivity index (χ2v) is 7.05. The number of amides is 1. The van der Waals surface area contributed by atoms with Crippen molar-refractivity contribution in [3.8, 4) is 5.75 Å². The SMILES string of the molecule is CC1=NN(c2ccc(S(N)(=O)=O)cc2)C(=O)C1=Cc1ccc(O)cc1. The molecule has 7 nitrogen and oxygen atoms in total. The third-order valence-electron chi connectivity index (χ3n) is 3.68. The third-order valence-corrected chi connectivity index (χ3v) is 4.61. The van der Waals surface area contributed by atoms with Crippen molar-refractivity contribution in [1.29, 1.82) is 0 Å². The fourth-order valence-corrected chi connectivity index (χ4v) is 2.89. The van der Waals surface area contributed by atoms with Gasteiger partial charge in [-0.2, -0.15) is 10.1 Å². The molecule has 8 heteroatoms. The first-order valence-corrected chi connectivity index (χ1v) is 8.84. The Morgan fingerprint density at radius 3 is 2.24 bits per heavy atom. The molecule has 0 saturated heterocycles. The molecule has 0 spiro atoms. The molecule has 0 unspecified atom stereocenters. The van der Waals surface area contributed by atoms with Gasteiger partial charge in [0.25, 0.3) is 5.91 Å². The first-order valence-electron chi connectivity index (χ1n) is 7.29. The minimum Gasteiger partial charge on any atom is -0.508 e. The Kier molecular flexibility index (Phi) is 4.15. The van der Waals surface area contributed by atoms with Crippen LogP contribution in [0.15, 0.2) is 64.1 Å². The van der Waals surface area contributed by atoms with Crippen LogP contribution in [0.5, 0.6) is 5.75 Å². The largest absolute Gasteiger partial charge is 0.508 e. The molecule has 0 fully saturated rings. The van der Waals surface area contributed by atoms with Crippen LogP contribution in [0.25, 0.3) is 6.08 Å². The standard InChI is InChI=1S/C17H15N3O4S/c1-11-16(10-12-2-6-14(21)7-3-12)17(22)20(19-11)13-4-8-15(9-5-13)25(18,23)24/h2-10,21H,1H3,(H2,18,23,24). The van der Waals surface area contributed by atoms with Crippen molar-refractivity contribution in [2.24, 2.45) is 10.2 Å². The molecule has 2 aromatic carbocycles. The maximum absolute atomic E-state index is 12.6. The number of rotatable bonds is 3. The monoisotopic (exact) mass is 357 g/mol. The highest BCUT2D eigenvalue weighted by molar-refractivity contribution is 7.89. The number of carbonyl (C=O) groups is 1. The molecule has 0 aromatic heterocycles. The molecule has 128 valence electrons. The molecule has 1 aliphatic rings. The zero-order chi connectivity index (χ0) is 18.2. The van der Waals surface area contributed by atoms with E-state index in [1.807, 2.05) is 0 Å². The molecule has 2 aromatic rings. The van der Waals surface area contributed by atoms with Crippen LogP contribution in [0, 0.1) is 0 Å². The van der Waals surface area contributed by atoms with E-state index < -0.39 is 10.0 Å². The second-order valence-electron chi connectivity index (χ2n) is 5.49. The van der Waals surface area contributed by atoms with Gasteiger partial charge in [-0.1, -0.05) is 12.1 Å². The number of primary sulfonamides is 1. The van der Waals surface area contributed by atoms with Crippen molar-refractivity contribution >= 4 is 33.4 Å². The highest BCUT2D eigenvalue weighted by Crippen LogP contribution is 2.26. The molecular formula is C17H15N3O4S. The summed E-state index contributed by atoms with van der Waals surface area (Å²) in [6.07, 6.45) is 1.68. The van der Waals surface area contributed by atoms with Crippen LogP contribution in [0.4, 0.5) is 5.69 Å². The molecule has 0 radical (unpaired) electrons. The molecule has 0 atom stereocenters. The van der Waals surface area contributed by atoms with Gasteiger partial charge in [0, 0.05) is 0 Å². The normalized spacial score (nSPS) is 16.4. The Labute approximate surface area is 144 Å². The number of hydrogen-bond donors (Lipinski definition) is 2. The fraction of sp³-hybridized carbons (Fsp3) is 0.0588. The maximum Gasteiger partial charge on any atom is 0.280 e. The first-order chi connectivity index (χ1) is 11.8. The quantitative estimate of drug-likeness (QED) is 0.816. The van der Waals surface area contributed by atoms with Gasteiger partial charge >= 0.3 is 0 Å². The Hall–Kier alpha value is -2.97. The molecular weight excluding hydrogens is 342 g/mol. The number of phenolic OH excluding ortho intramolecular Hbond substituents is 1. The molecule has 0 bridgehead atoms. The molecule has 25 heavy (non-hydrogen) atoms. The number of hydrogen-bond acceptors (Lipinski definition) is 5. The summed E-state index contributed by atoms with van der Waals surface area (Å²) in [5.41, 5.74) is 2.14. The summed E-state index contributed by atoms with van der Waals surface area (Å²) in [4.78, 5) is 12.6. The minimum atomic E-state index is -3.79. The number of phenols is 1. The zero-order valence-corrected chi connectivity index (χ0v) is 14.1. The van der Waals surface area contributed by atoms with Crippen LogP contribution in [0.2, 0.25) is 0 Å². The molecule has 1 aliphatic heterocycles. The Balaban J connectivity index is 1.91. The molecule has 1 amide bonds. The van der Waals surface area contributed by atoms with Crippen LogP contribution in [0.1, 0.15) is 12.5 Å². The van der Waals surface area contributed by atoms with Crippen LogP contribution in [-0.4, -0.2) is 25.1 Å². The number of benzene rings is 2. The Morgan fingerprint density at radius 1 is 1.08 bits per heavy atom. The van der Waals surface area contributed by atoms with Crippen molar-refractivity contribution < 1.29 is 18.3 Å². The average Bonchev–Trinajstić information content (AvgIpc) is 2.84. The lowest BCUT2D eigenvalue weighted by molar-refractivity contribution is -0.114. The van der Waals surface area contributed by atoms with E-state index in [9.17, 15) is 18.3 Å². The number of carbonyl (C=O) groups excluding carboxylic acids is 1. The predicted octanol–water partition coefficient (Wildman–Crippen LogP) is 1.85. The van der Waals surface area contributed by atoms with E-state index in [4.69, 9.17) is 5.14 Å². The summed E-state index contributed by atoms with van der Waals surface area (Å²) < 4.78 is 22.6. The van der Waals surface area contributed by atoms with Crippen molar-refractivity contribution in [1.82, 2.24) is 0 Å². The van der Waals surface area contributed by atoms with Gasteiger partial charge in [-0.05, 0) is 55.0 Å². The second kappa shape index (κ2) is 6.15. The highest BCUT2D eigenvalue weighted by Gasteiger charge is 2.28. The van der Waals surface area contributed by atoms with E-state index in [1.54, 1.807) is 25.1 Å². The van der Waals surface area contributed by atoms with Crippen molar-refractivity contribution in [3.63, 3.8) is 0 Å². The number of nitrogens with zero attached hydrogens (tertiary/aromatic N) is 2. The summed E-state index contributed by atoms with van der Waals surface area (Å²) in [7, 11) is -3.79. The van der Waals surface area contributed by atoms with Crippen molar-refractivity contribution in [2.45, 2.75) is 11.8 Å². The van der Waals surface area contributed by atoms with Gasteiger partial charge < -0.3 is 5.11 Å². The van der Waals surface area contributed by atoms with Crippen LogP contribution in [0.3, 0.4) is 0 Å². The first kappa shape index (κ1) is 16.9. The topological polar surface area (TPSA) is 113 Å². The summed E-state index contributed by atoms with van der Waals surface area (Å²) in [5, 5.41) is 19.8. The summed E-state index contributed by atoms with van der Waals surface area (Å²) in [5.74, 6) is -0.184. The lowest BCUT2D eigenvalue weighted by Crippen LogP contribution is -2.21. The molecule has 0 aliphatic carbocycles. The van der Waals surface area contributed by atoms with Gasteiger partial charge in [0.15, 0.2) is 0 Å². The zero-order valence-electron chi connectivity index (χ0n) is 13.2. The lowest BCUT2D eigenvalue weighted by Gasteiger charge is -2.12. The van der Waals surface area contributed by atoms with Crippen LogP contribution < -0.4 is 10.1 Å². The Morgan fingerprint density at radius 2 is 1.68 bits per heavy atom. The summed E-state index contributed by atoms with van der Waals surface area (Å²) >= 11 is 0. The number of nitrogens with two attached hydrogens (primary N) is 1. The number of hydrazone groups is 1. The van der Waals surface area contributed by atoms with Gasteiger partial charge in [0.05, 0.1) is 21.9 Å². The molecule has 0 saturated carbocycles. The van der Waals surface area contributed by atoms with Crippen molar-refractivity contribution in [3.05, 3.63) is 59.7 Å². The van der Waals surface area contributed by atoms with E-state index in [0.717, 1.165) is 5.56 Å². The third kappa shape index (κ3) is 3.44. The van der Waals surface area contributed by atoms with Gasteiger partial charge in [-0.3, -0.25) is 4.79 Å². The number of anilines is 1. The fourth-order valence-electron chi connectivity index (χ4n) is 2.37. The van der Waals surface area contributed by atoms with E-state index in [1.165, 1.54) is 41.4 Å². The maximum atomic E-state index is 12.6.